The molecule has 3 aromatic rings. The van der Waals surface area contributed by atoms with E-state index in [2.05, 4.69) is 25.5 Å². The molecule has 0 unspecified atom stereocenters. The number of hydrogen-bond donors (Lipinski definition) is 2. The van der Waals surface area contributed by atoms with Crippen LogP contribution in [-0.2, 0) is 0 Å². The van der Waals surface area contributed by atoms with Gasteiger partial charge in [0.1, 0.15) is 18.2 Å². The van der Waals surface area contributed by atoms with Crippen molar-refractivity contribution >= 4 is 46.4 Å². The van der Waals surface area contributed by atoms with Gasteiger partial charge in [-0.1, -0.05) is 35.3 Å². The average molecular weight is 472 g/mol. The molecule has 1 amide bonds. The summed E-state index contributed by atoms with van der Waals surface area (Å²) >= 11 is 12.2. The fourth-order valence-corrected chi connectivity index (χ4v) is 4.04. The molecule has 0 aliphatic carbocycles. The van der Waals surface area contributed by atoms with Gasteiger partial charge >= 0.3 is 0 Å². The van der Waals surface area contributed by atoms with Crippen molar-refractivity contribution in [2.24, 2.45) is 0 Å². The monoisotopic (exact) mass is 471 g/mol. The first-order valence-corrected chi connectivity index (χ1v) is 11.1. The summed E-state index contributed by atoms with van der Waals surface area (Å²) in [5, 5.41) is 6.50. The van der Waals surface area contributed by atoms with Crippen LogP contribution in [0.3, 0.4) is 0 Å². The molecular formula is C23H23Cl2N5O2. The lowest BCUT2D eigenvalue weighted by molar-refractivity contribution is 0.102. The quantitative estimate of drug-likeness (QED) is 0.466. The molecule has 1 aliphatic rings. The van der Waals surface area contributed by atoms with Crippen LogP contribution >= 0.6 is 23.2 Å². The van der Waals surface area contributed by atoms with Gasteiger partial charge in [0.2, 0.25) is 5.88 Å². The molecule has 0 atom stereocenters. The van der Waals surface area contributed by atoms with Gasteiger partial charge in [0.25, 0.3) is 5.91 Å². The van der Waals surface area contributed by atoms with Gasteiger partial charge in [-0.05, 0) is 50.2 Å². The minimum Gasteiger partial charge on any atom is -0.476 e. The summed E-state index contributed by atoms with van der Waals surface area (Å²) in [4.78, 5) is 23.8. The number of aromatic nitrogens is 2. The topological polar surface area (TPSA) is 79.4 Å². The third-order valence-electron chi connectivity index (χ3n) is 5.04. The van der Waals surface area contributed by atoms with Crippen LogP contribution in [0, 0.1) is 0 Å². The Hall–Kier alpha value is -2.87. The first kappa shape index (κ1) is 22.3. The van der Waals surface area contributed by atoms with E-state index < -0.39 is 5.91 Å². The standard InChI is InChI=1S/C23H23Cl2N5O2/c24-17-5-3-6-18(25)22(17)23(31)27-16-9-10-26-20(15-16)28-19-7-4-8-21(29-19)32-14-13-30-11-1-2-12-30/h3-10,15H,1-2,11-14H2,(H2,26,27,28,29,31). The number of carbonyl (C=O) groups is 1. The number of benzene rings is 1. The molecule has 32 heavy (non-hydrogen) atoms. The number of carbonyl (C=O) groups excluding carboxylic acids is 1. The van der Waals surface area contributed by atoms with E-state index in [1.54, 1.807) is 36.5 Å². The van der Waals surface area contributed by atoms with E-state index in [0.717, 1.165) is 19.6 Å². The van der Waals surface area contributed by atoms with E-state index in [1.165, 1.54) is 12.8 Å². The van der Waals surface area contributed by atoms with Crippen LogP contribution in [0.1, 0.15) is 23.2 Å². The minimum absolute atomic E-state index is 0.225. The number of rotatable bonds is 8. The Kier molecular flexibility index (Phi) is 7.42. The van der Waals surface area contributed by atoms with Crippen LogP contribution < -0.4 is 15.4 Å². The van der Waals surface area contributed by atoms with Gasteiger partial charge in [-0.15, -0.1) is 0 Å². The molecule has 1 saturated heterocycles. The molecular weight excluding hydrogens is 449 g/mol. The zero-order valence-corrected chi connectivity index (χ0v) is 18.9. The minimum atomic E-state index is -0.399. The van der Waals surface area contributed by atoms with Crippen molar-refractivity contribution in [3.05, 3.63) is 70.3 Å². The van der Waals surface area contributed by atoms with Crippen LogP contribution in [0.15, 0.2) is 54.7 Å². The van der Waals surface area contributed by atoms with Crippen LogP contribution in [0.5, 0.6) is 5.88 Å². The summed E-state index contributed by atoms with van der Waals surface area (Å²) in [7, 11) is 0. The van der Waals surface area contributed by atoms with Crippen molar-refractivity contribution in [3.63, 3.8) is 0 Å². The van der Waals surface area contributed by atoms with E-state index in [4.69, 9.17) is 27.9 Å². The summed E-state index contributed by atoms with van der Waals surface area (Å²) in [6.07, 6.45) is 4.10. The maximum atomic E-state index is 12.6. The maximum Gasteiger partial charge on any atom is 0.258 e. The zero-order chi connectivity index (χ0) is 22.3. The van der Waals surface area contributed by atoms with E-state index in [0.29, 0.717) is 29.8 Å². The molecule has 0 radical (unpaired) electrons. The van der Waals surface area contributed by atoms with Crippen molar-refractivity contribution in [1.29, 1.82) is 0 Å². The Morgan fingerprint density at radius 1 is 1.03 bits per heavy atom. The highest BCUT2D eigenvalue weighted by Crippen LogP contribution is 2.26. The Morgan fingerprint density at radius 2 is 1.78 bits per heavy atom. The van der Waals surface area contributed by atoms with E-state index in [9.17, 15) is 4.79 Å². The molecule has 9 heteroatoms. The number of halogens is 2. The number of nitrogens with one attached hydrogen (secondary N) is 2. The van der Waals surface area contributed by atoms with E-state index >= 15 is 0 Å². The van der Waals surface area contributed by atoms with Crippen LogP contribution in [0.4, 0.5) is 17.3 Å². The molecule has 166 valence electrons. The molecule has 2 aromatic heterocycles. The Balaban J connectivity index is 1.38. The van der Waals surface area contributed by atoms with Crippen LogP contribution in [0.2, 0.25) is 10.0 Å². The fourth-order valence-electron chi connectivity index (χ4n) is 3.47. The molecule has 1 aliphatic heterocycles. The third kappa shape index (κ3) is 5.88. The molecule has 4 rings (SSSR count). The zero-order valence-electron chi connectivity index (χ0n) is 17.4. The first-order chi connectivity index (χ1) is 15.6. The number of nitrogens with zero attached hydrogens (tertiary/aromatic N) is 3. The number of likely N-dealkylation sites (tertiary alicyclic amines) is 1. The Morgan fingerprint density at radius 3 is 2.56 bits per heavy atom. The second-order valence-electron chi connectivity index (χ2n) is 7.36. The highest BCUT2D eigenvalue weighted by atomic mass is 35.5. The maximum absolute atomic E-state index is 12.6. The summed E-state index contributed by atoms with van der Waals surface area (Å²) < 4.78 is 5.80. The molecule has 2 N–H and O–H groups in total. The van der Waals surface area contributed by atoms with Crippen molar-refractivity contribution in [3.8, 4) is 5.88 Å². The molecule has 0 bridgehead atoms. The molecule has 1 fully saturated rings. The number of pyridine rings is 2. The SMILES string of the molecule is O=C(Nc1ccnc(Nc2cccc(OCCN3CCCC3)n2)c1)c1c(Cl)cccc1Cl. The van der Waals surface area contributed by atoms with Gasteiger partial charge in [0.05, 0.1) is 15.6 Å². The summed E-state index contributed by atoms with van der Waals surface area (Å²) in [6.45, 7) is 3.78. The van der Waals surface area contributed by atoms with Crippen LogP contribution in [-0.4, -0.2) is 47.0 Å². The van der Waals surface area contributed by atoms with Crippen molar-refractivity contribution < 1.29 is 9.53 Å². The highest BCUT2D eigenvalue weighted by molar-refractivity contribution is 6.40. The fraction of sp³-hybridized carbons (Fsp3) is 0.261. The second-order valence-corrected chi connectivity index (χ2v) is 8.18. The molecule has 7 nitrogen and oxygen atoms in total. The largest absolute Gasteiger partial charge is 0.476 e. The second kappa shape index (κ2) is 10.6. The van der Waals surface area contributed by atoms with E-state index in [1.807, 2.05) is 18.2 Å². The normalized spacial score (nSPS) is 13.7. The first-order valence-electron chi connectivity index (χ1n) is 10.4. The predicted octanol–water partition coefficient (Wildman–Crippen LogP) is 5.25. The van der Waals surface area contributed by atoms with Gasteiger partial charge in [0.15, 0.2) is 0 Å². The summed E-state index contributed by atoms with van der Waals surface area (Å²) in [5.74, 6) is 1.26. The molecule has 1 aromatic carbocycles. The van der Waals surface area contributed by atoms with Crippen molar-refractivity contribution in [2.75, 3.05) is 36.9 Å². The lowest BCUT2D eigenvalue weighted by Gasteiger charge is -2.15. The highest BCUT2D eigenvalue weighted by Gasteiger charge is 2.15. The Bertz CT molecular complexity index is 1070. The summed E-state index contributed by atoms with van der Waals surface area (Å²) in [6, 6.07) is 13.8. The van der Waals surface area contributed by atoms with Gasteiger partial charge < -0.3 is 15.4 Å². The van der Waals surface area contributed by atoms with Gasteiger partial charge in [-0.25, -0.2) is 4.98 Å². The van der Waals surface area contributed by atoms with Crippen molar-refractivity contribution in [2.45, 2.75) is 12.8 Å². The molecule has 3 heterocycles. The number of anilines is 3. The predicted molar refractivity (Wildman–Crippen MR) is 127 cm³/mol. The lowest BCUT2D eigenvalue weighted by Crippen LogP contribution is -2.25. The molecule has 0 saturated carbocycles. The number of ether oxygens (including phenoxy) is 1. The molecule has 0 spiro atoms. The van der Waals surface area contributed by atoms with Gasteiger partial charge in [-0.3, -0.25) is 9.69 Å². The van der Waals surface area contributed by atoms with Gasteiger partial charge in [-0.2, -0.15) is 4.98 Å². The van der Waals surface area contributed by atoms with E-state index in [-0.39, 0.29) is 15.6 Å². The van der Waals surface area contributed by atoms with Crippen LogP contribution in [0.25, 0.3) is 0 Å². The third-order valence-corrected chi connectivity index (χ3v) is 5.67. The smallest absolute Gasteiger partial charge is 0.258 e. The Labute approximate surface area is 196 Å². The lowest BCUT2D eigenvalue weighted by atomic mass is 10.2. The van der Waals surface area contributed by atoms with Crippen molar-refractivity contribution in [1.82, 2.24) is 14.9 Å². The average Bonchev–Trinajstić information content (AvgIpc) is 3.28. The van der Waals surface area contributed by atoms with Gasteiger partial charge in [0, 0.05) is 30.6 Å². The number of amides is 1. The number of hydrogen-bond acceptors (Lipinski definition) is 6. The summed E-state index contributed by atoms with van der Waals surface area (Å²) in [5.41, 5.74) is 0.768.